The molecule has 3 amide bonds. The second-order valence-electron chi connectivity index (χ2n) is 6.79. The van der Waals surface area contributed by atoms with Crippen molar-refractivity contribution in [2.75, 3.05) is 0 Å². The number of fused-ring (bicyclic) bond motifs is 1. The Morgan fingerprint density at radius 3 is 2.53 bits per heavy atom. The molecule has 0 fully saturated rings. The molecule has 0 radical (unpaired) electrons. The van der Waals surface area contributed by atoms with Crippen LogP contribution in [0.1, 0.15) is 25.8 Å². The zero-order valence-electron chi connectivity index (χ0n) is 16.9. The average molecular weight is 425 g/mol. The van der Waals surface area contributed by atoms with Crippen LogP contribution in [0.25, 0.3) is 10.9 Å². The third kappa shape index (κ3) is 5.27. The zero-order valence-corrected chi connectivity index (χ0v) is 17.7. The Bertz CT molecular complexity index is 1100. The lowest BCUT2D eigenvalue weighted by atomic mass is 10.2. The van der Waals surface area contributed by atoms with E-state index < -0.39 is 17.2 Å². The number of nitrogens with one attached hydrogen (secondary N) is 2. The number of urea groups is 1. The summed E-state index contributed by atoms with van der Waals surface area (Å²) in [5.41, 5.74) is 1.40. The van der Waals surface area contributed by atoms with E-state index in [1.165, 1.54) is 0 Å². The van der Waals surface area contributed by atoms with Crippen molar-refractivity contribution in [3.05, 3.63) is 70.5 Å². The number of hydrogen-bond donors (Lipinski definition) is 2. The predicted octanol–water partition coefficient (Wildman–Crippen LogP) is 3.31. The molecule has 3 aromatic rings. The van der Waals surface area contributed by atoms with Crippen molar-refractivity contribution < 1.29 is 9.59 Å². The molecule has 0 saturated carbocycles. The van der Waals surface area contributed by atoms with E-state index in [1.807, 2.05) is 43.3 Å². The quantitative estimate of drug-likeness (QED) is 0.448. The van der Waals surface area contributed by atoms with Gasteiger partial charge in [-0.05, 0) is 31.0 Å². The molecule has 2 aromatic carbocycles. The lowest BCUT2D eigenvalue weighted by Gasteiger charge is -2.16. The number of nitrogens with zero attached hydrogens (tertiary/aromatic N) is 2. The summed E-state index contributed by atoms with van der Waals surface area (Å²) in [7, 11) is 0. The molecule has 1 aromatic heterocycles. The van der Waals surface area contributed by atoms with Crippen LogP contribution in [0.3, 0.4) is 0 Å². The number of benzene rings is 2. The van der Waals surface area contributed by atoms with Crippen molar-refractivity contribution in [3.63, 3.8) is 0 Å². The lowest BCUT2D eigenvalue weighted by molar-refractivity contribution is -0.119. The monoisotopic (exact) mass is 424 g/mol. The molecule has 1 unspecified atom stereocenters. The Balaban J connectivity index is 1.68. The Hall–Kier alpha value is -3.13. The fourth-order valence-electron chi connectivity index (χ4n) is 2.91. The molecule has 8 heteroatoms. The predicted molar refractivity (Wildman–Crippen MR) is 118 cm³/mol. The van der Waals surface area contributed by atoms with Gasteiger partial charge >= 0.3 is 6.03 Å². The largest absolute Gasteiger partial charge is 0.334 e. The number of hydrogen-bond acceptors (Lipinski definition) is 5. The van der Waals surface area contributed by atoms with Gasteiger partial charge in [0.2, 0.25) is 5.91 Å². The zero-order chi connectivity index (χ0) is 21.5. The first kappa shape index (κ1) is 21.6. The van der Waals surface area contributed by atoms with E-state index in [0.29, 0.717) is 29.1 Å². The van der Waals surface area contributed by atoms with E-state index in [1.54, 1.807) is 29.7 Å². The Morgan fingerprint density at radius 2 is 1.80 bits per heavy atom. The molecule has 1 atom stereocenters. The van der Waals surface area contributed by atoms with Gasteiger partial charge in [-0.3, -0.25) is 19.5 Å². The van der Waals surface area contributed by atoms with Crippen molar-refractivity contribution in [1.29, 1.82) is 0 Å². The second-order valence-corrected chi connectivity index (χ2v) is 8.09. The van der Waals surface area contributed by atoms with Gasteiger partial charge in [0.1, 0.15) is 0 Å². The van der Waals surface area contributed by atoms with Gasteiger partial charge in [-0.15, -0.1) is 0 Å². The van der Waals surface area contributed by atoms with Gasteiger partial charge in [-0.1, -0.05) is 61.2 Å². The summed E-state index contributed by atoms with van der Waals surface area (Å²) in [6, 6.07) is 16.0. The molecule has 0 bridgehead atoms. The molecule has 0 aliphatic carbocycles. The van der Waals surface area contributed by atoms with Crippen molar-refractivity contribution >= 4 is 34.6 Å². The SMILES string of the molecule is CCCn1c(SC(C)C(=O)NC(=O)NCc2ccccc2)nc2ccccc2c1=O. The second kappa shape index (κ2) is 10.1. The maximum atomic E-state index is 12.8. The molecule has 30 heavy (non-hydrogen) atoms. The fourth-order valence-corrected chi connectivity index (χ4v) is 3.84. The molecule has 3 rings (SSSR count). The third-order valence-electron chi connectivity index (χ3n) is 4.46. The van der Waals surface area contributed by atoms with Gasteiger partial charge in [-0.25, -0.2) is 9.78 Å². The van der Waals surface area contributed by atoms with E-state index in [9.17, 15) is 14.4 Å². The van der Waals surface area contributed by atoms with Gasteiger partial charge in [-0.2, -0.15) is 0 Å². The third-order valence-corrected chi connectivity index (χ3v) is 5.55. The summed E-state index contributed by atoms with van der Waals surface area (Å²) in [5, 5.41) is 5.42. The molecular formula is C22H24N4O3S. The number of thioether (sulfide) groups is 1. The summed E-state index contributed by atoms with van der Waals surface area (Å²) in [5.74, 6) is -0.448. The minimum atomic E-state index is -0.608. The summed E-state index contributed by atoms with van der Waals surface area (Å²) in [6.45, 7) is 4.49. The van der Waals surface area contributed by atoms with Gasteiger partial charge in [0, 0.05) is 13.1 Å². The van der Waals surface area contributed by atoms with Crippen LogP contribution in [0.15, 0.2) is 64.5 Å². The van der Waals surface area contributed by atoms with Crippen molar-refractivity contribution in [1.82, 2.24) is 20.2 Å². The van der Waals surface area contributed by atoms with Gasteiger partial charge in [0.15, 0.2) is 5.16 Å². The molecule has 1 heterocycles. The van der Waals surface area contributed by atoms with E-state index in [0.717, 1.165) is 23.7 Å². The van der Waals surface area contributed by atoms with E-state index >= 15 is 0 Å². The number of carbonyl (C=O) groups excluding carboxylic acids is 2. The Kier molecular flexibility index (Phi) is 7.24. The molecule has 0 aliphatic rings. The highest BCUT2D eigenvalue weighted by molar-refractivity contribution is 8.00. The molecule has 0 saturated heterocycles. The first-order chi connectivity index (χ1) is 14.5. The number of carbonyl (C=O) groups is 2. The number of imide groups is 1. The van der Waals surface area contributed by atoms with E-state index in [4.69, 9.17) is 0 Å². The van der Waals surface area contributed by atoms with Crippen molar-refractivity contribution in [2.24, 2.45) is 0 Å². The van der Waals surface area contributed by atoms with Gasteiger partial charge < -0.3 is 5.32 Å². The molecule has 2 N–H and O–H groups in total. The van der Waals surface area contributed by atoms with Crippen LogP contribution in [0.4, 0.5) is 4.79 Å². The van der Waals surface area contributed by atoms with E-state index in [-0.39, 0.29) is 5.56 Å². The Morgan fingerprint density at radius 1 is 1.10 bits per heavy atom. The van der Waals surface area contributed by atoms with Crippen LogP contribution in [-0.4, -0.2) is 26.7 Å². The minimum absolute atomic E-state index is 0.127. The molecular weight excluding hydrogens is 400 g/mol. The highest BCUT2D eigenvalue weighted by Crippen LogP contribution is 2.22. The fraction of sp³-hybridized carbons (Fsp3) is 0.273. The summed E-state index contributed by atoms with van der Waals surface area (Å²) in [6.07, 6.45) is 0.760. The van der Waals surface area contributed by atoms with Crippen molar-refractivity contribution in [2.45, 2.75) is 43.8 Å². The average Bonchev–Trinajstić information content (AvgIpc) is 2.75. The minimum Gasteiger partial charge on any atom is -0.334 e. The smallest absolute Gasteiger partial charge is 0.321 e. The van der Waals surface area contributed by atoms with Gasteiger partial charge in [0.25, 0.3) is 5.56 Å². The van der Waals surface area contributed by atoms with Crippen LogP contribution in [0.5, 0.6) is 0 Å². The molecule has 0 aliphatic heterocycles. The molecule has 7 nitrogen and oxygen atoms in total. The van der Waals surface area contributed by atoms with Crippen LogP contribution < -0.4 is 16.2 Å². The Labute approximate surface area is 178 Å². The summed E-state index contributed by atoms with van der Waals surface area (Å²) >= 11 is 1.16. The number of amides is 3. The normalized spacial score (nSPS) is 11.8. The van der Waals surface area contributed by atoms with Crippen LogP contribution >= 0.6 is 11.8 Å². The number of para-hydroxylation sites is 1. The van der Waals surface area contributed by atoms with Crippen molar-refractivity contribution in [3.8, 4) is 0 Å². The highest BCUT2D eigenvalue weighted by Gasteiger charge is 2.20. The summed E-state index contributed by atoms with van der Waals surface area (Å²) in [4.78, 5) is 41.9. The lowest BCUT2D eigenvalue weighted by Crippen LogP contribution is -2.42. The highest BCUT2D eigenvalue weighted by atomic mass is 32.2. The van der Waals surface area contributed by atoms with E-state index in [2.05, 4.69) is 15.6 Å². The van der Waals surface area contributed by atoms with Gasteiger partial charge in [0.05, 0.1) is 16.2 Å². The molecule has 156 valence electrons. The first-order valence-electron chi connectivity index (χ1n) is 9.78. The van der Waals surface area contributed by atoms with Crippen LogP contribution in [0, 0.1) is 0 Å². The van der Waals surface area contributed by atoms with Crippen LogP contribution in [-0.2, 0) is 17.9 Å². The number of rotatable bonds is 7. The standard InChI is InChI=1S/C22H24N4O3S/c1-3-13-26-20(28)17-11-7-8-12-18(17)24-22(26)30-15(2)19(27)25-21(29)23-14-16-9-5-4-6-10-16/h4-12,15H,3,13-14H2,1-2H3,(H2,23,25,27,29). The first-order valence-corrected chi connectivity index (χ1v) is 10.7. The number of aromatic nitrogens is 2. The maximum absolute atomic E-state index is 12.8. The maximum Gasteiger partial charge on any atom is 0.321 e. The topological polar surface area (TPSA) is 93.1 Å². The summed E-state index contributed by atoms with van der Waals surface area (Å²) < 4.78 is 1.59. The molecule has 0 spiro atoms. The van der Waals surface area contributed by atoms with Crippen LogP contribution in [0.2, 0.25) is 0 Å².